The highest BCUT2D eigenvalue weighted by atomic mass is 16.4. The predicted octanol–water partition coefficient (Wildman–Crippen LogP) is 3.13. The summed E-state index contributed by atoms with van der Waals surface area (Å²) in [4.78, 5) is 19.7. The first-order chi connectivity index (χ1) is 14.7. The van der Waals surface area contributed by atoms with Gasteiger partial charge < -0.3 is 19.5 Å². The molecule has 3 heterocycles. The molecule has 1 aromatic carbocycles. The van der Waals surface area contributed by atoms with Gasteiger partial charge in [0.05, 0.1) is 6.54 Å². The van der Waals surface area contributed by atoms with Gasteiger partial charge in [0.1, 0.15) is 5.76 Å². The van der Waals surface area contributed by atoms with Crippen molar-refractivity contribution in [3.05, 3.63) is 53.5 Å². The second-order valence-corrected chi connectivity index (χ2v) is 8.47. The highest BCUT2D eigenvalue weighted by molar-refractivity contribution is 5.91. The first-order valence-corrected chi connectivity index (χ1v) is 11.3. The zero-order valence-electron chi connectivity index (χ0n) is 18.1. The SMILES string of the molecule is Cc1ccccc1N1CCN(Cc2ccc(C(=O)NCCN3CCCCC3)o2)CC1. The molecule has 2 aromatic rings. The maximum atomic E-state index is 12.4. The Morgan fingerprint density at radius 1 is 0.933 bits per heavy atom. The van der Waals surface area contributed by atoms with E-state index in [2.05, 4.69) is 51.2 Å². The highest BCUT2D eigenvalue weighted by Gasteiger charge is 2.20. The molecule has 2 saturated heterocycles. The van der Waals surface area contributed by atoms with E-state index in [1.54, 1.807) is 6.07 Å². The van der Waals surface area contributed by atoms with Crippen LogP contribution in [0.15, 0.2) is 40.8 Å². The van der Waals surface area contributed by atoms with Crippen LogP contribution in [-0.4, -0.2) is 68.1 Å². The fourth-order valence-electron chi connectivity index (χ4n) is 4.47. The van der Waals surface area contributed by atoms with Crippen LogP contribution in [0.5, 0.6) is 0 Å². The maximum Gasteiger partial charge on any atom is 0.287 e. The molecule has 0 aliphatic carbocycles. The first-order valence-electron chi connectivity index (χ1n) is 11.3. The van der Waals surface area contributed by atoms with E-state index in [1.807, 2.05) is 6.07 Å². The monoisotopic (exact) mass is 410 g/mol. The Bertz CT molecular complexity index is 820. The number of benzene rings is 1. The number of para-hydroxylation sites is 1. The molecule has 6 nitrogen and oxygen atoms in total. The number of carbonyl (C=O) groups excluding carboxylic acids is 1. The second-order valence-electron chi connectivity index (χ2n) is 8.47. The smallest absolute Gasteiger partial charge is 0.287 e. The number of rotatable bonds is 7. The number of furan rings is 1. The average molecular weight is 411 g/mol. The van der Waals surface area contributed by atoms with Crippen molar-refractivity contribution < 1.29 is 9.21 Å². The molecule has 1 amide bonds. The van der Waals surface area contributed by atoms with Crippen molar-refractivity contribution in [2.24, 2.45) is 0 Å². The summed E-state index contributed by atoms with van der Waals surface area (Å²) in [5.41, 5.74) is 2.66. The van der Waals surface area contributed by atoms with E-state index in [0.29, 0.717) is 12.3 Å². The van der Waals surface area contributed by atoms with Crippen molar-refractivity contribution in [1.29, 1.82) is 0 Å². The van der Waals surface area contributed by atoms with Gasteiger partial charge in [0.15, 0.2) is 5.76 Å². The minimum Gasteiger partial charge on any atom is -0.455 e. The van der Waals surface area contributed by atoms with Crippen LogP contribution >= 0.6 is 0 Å². The van der Waals surface area contributed by atoms with Crippen LogP contribution in [0.3, 0.4) is 0 Å². The van der Waals surface area contributed by atoms with E-state index in [-0.39, 0.29) is 5.91 Å². The Balaban J connectivity index is 1.21. The highest BCUT2D eigenvalue weighted by Crippen LogP contribution is 2.21. The lowest BCUT2D eigenvalue weighted by atomic mass is 10.1. The number of carbonyl (C=O) groups is 1. The van der Waals surface area contributed by atoms with Crippen molar-refractivity contribution in [1.82, 2.24) is 15.1 Å². The fraction of sp³-hybridized carbons (Fsp3) is 0.542. The molecular weight excluding hydrogens is 376 g/mol. The van der Waals surface area contributed by atoms with Crippen LogP contribution in [0, 0.1) is 6.92 Å². The molecule has 162 valence electrons. The van der Waals surface area contributed by atoms with Crippen molar-refractivity contribution in [2.45, 2.75) is 32.7 Å². The zero-order chi connectivity index (χ0) is 20.8. The second kappa shape index (κ2) is 10.1. The van der Waals surface area contributed by atoms with Crippen molar-refractivity contribution in [3.8, 4) is 0 Å². The molecule has 0 radical (unpaired) electrons. The summed E-state index contributed by atoms with van der Waals surface area (Å²) in [5.74, 6) is 1.17. The molecule has 2 fully saturated rings. The van der Waals surface area contributed by atoms with Crippen LogP contribution in [-0.2, 0) is 6.54 Å². The third-order valence-electron chi connectivity index (χ3n) is 6.26. The normalized spacial score (nSPS) is 18.5. The largest absolute Gasteiger partial charge is 0.455 e. The van der Waals surface area contributed by atoms with E-state index in [1.165, 1.54) is 30.5 Å². The Labute approximate surface area is 179 Å². The van der Waals surface area contributed by atoms with Gasteiger partial charge in [0.25, 0.3) is 5.91 Å². The van der Waals surface area contributed by atoms with Crippen LogP contribution < -0.4 is 10.2 Å². The van der Waals surface area contributed by atoms with Gasteiger partial charge in [-0.25, -0.2) is 0 Å². The summed E-state index contributed by atoms with van der Waals surface area (Å²) in [7, 11) is 0. The van der Waals surface area contributed by atoms with Crippen LogP contribution in [0.25, 0.3) is 0 Å². The molecular formula is C24H34N4O2. The molecule has 2 aliphatic rings. The van der Waals surface area contributed by atoms with E-state index in [9.17, 15) is 4.79 Å². The third kappa shape index (κ3) is 5.43. The van der Waals surface area contributed by atoms with E-state index in [0.717, 1.165) is 58.1 Å². The number of amides is 1. The molecule has 4 rings (SSSR count). The molecule has 0 atom stereocenters. The van der Waals surface area contributed by atoms with E-state index >= 15 is 0 Å². The van der Waals surface area contributed by atoms with Crippen molar-refractivity contribution >= 4 is 11.6 Å². The summed E-state index contributed by atoms with van der Waals surface area (Å²) in [6, 6.07) is 12.3. The third-order valence-corrected chi connectivity index (χ3v) is 6.26. The van der Waals surface area contributed by atoms with Crippen LogP contribution in [0.1, 0.15) is 41.1 Å². The lowest BCUT2D eigenvalue weighted by molar-refractivity contribution is 0.0914. The van der Waals surface area contributed by atoms with Gasteiger partial charge in [-0.3, -0.25) is 9.69 Å². The zero-order valence-corrected chi connectivity index (χ0v) is 18.1. The Kier molecular flexibility index (Phi) is 7.07. The summed E-state index contributed by atoms with van der Waals surface area (Å²) < 4.78 is 5.84. The van der Waals surface area contributed by atoms with Crippen molar-refractivity contribution in [2.75, 3.05) is 57.3 Å². The molecule has 0 unspecified atom stereocenters. The number of piperazine rings is 1. The number of anilines is 1. The van der Waals surface area contributed by atoms with Gasteiger partial charge in [0.2, 0.25) is 0 Å². The first kappa shape index (κ1) is 20.9. The van der Waals surface area contributed by atoms with E-state index < -0.39 is 0 Å². The fourth-order valence-corrected chi connectivity index (χ4v) is 4.47. The number of hydrogen-bond acceptors (Lipinski definition) is 5. The minimum atomic E-state index is -0.109. The van der Waals surface area contributed by atoms with E-state index in [4.69, 9.17) is 4.42 Å². The number of hydrogen-bond donors (Lipinski definition) is 1. The molecule has 0 bridgehead atoms. The lowest BCUT2D eigenvalue weighted by Gasteiger charge is -2.36. The van der Waals surface area contributed by atoms with Gasteiger partial charge >= 0.3 is 0 Å². The molecule has 1 N–H and O–H groups in total. The van der Waals surface area contributed by atoms with Gasteiger partial charge in [-0.15, -0.1) is 0 Å². The number of aryl methyl sites for hydroxylation is 1. The summed E-state index contributed by atoms with van der Waals surface area (Å²) in [5, 5.41) is 3.00. The summed E-state index contributed by atoms with van der Waals surface area (Å²) in [6.45, 7) is 10.8. The molecule has 30 heavy (non-hydrogen) atoms. The Morgan fingerprint density at radius 3 is 2.47 bits per heavy atom. The topological polar surface area (TPSA) is 52.0 Å². The summed E-state index contributed by atoms with van der Waals surface area (Å²) >= 11 is 0. The lowest BCUT2D eigenvalue weighted by Crippen LogP contribution is -2.46. The molecule has 0 saturated carbocycles. The van der Waals surface area contributed by atoms with Gasteiger partial charge in [-0.1, -0.05) is 24.6 Å². The summed E-state index contributed by atoms with van der Waals surface area (Å²) in [6.07, 6.45) is 3.88. The Hall–Kier alpha value is -2.31. The Morgan fingerprint density at radius 2 is 1.70 bits per heavy atom. The standard InChI is InChI=1S/C24H34N4O2/c1-20-7-3-4-8-22(20)28-17-15-27(16-18-28)19-21-9-10-23(30-21)24(29)25-11-14-26-12-5-2-6-13-26/h3-4,7-10H,2,5-6,11-19H2,1H3,(H,25,29). The van der Waals surface area contributed by atoms with Crippen LogP contribution in [0.4, 0.5) is 5.69 Å². The molecule has 0 spiro atoms. The van der Waals surface area contributed by atoms with Gasteiger partial charge in [0, 0.05) is 45.0 Å². The van der Waals surface area contributed by atoms with Gasteiger partial charge in [-0.2, -0.15) is 0 Å². The van der Waals surface area contributed by atoms with Crippen LogP contribution in [0.2, 0.25) is 0 Å². The maximum absolute atomic E-state index is 12.4. The van der Waals surface area contributed by atoms with Gasteiger partial charge in [-0.05, 0) is 56.6 Å². The number of piperidine rings is 1. The number of nitrogens with zero attached hydrogens (tertiary/aromatic N) is 3. The predicted molar refractivity (Wildman–Crippen MR) is 120 cm³/mol. The minimum absolute atomic E-state index is 0.109. The number of likely N-dealkylation sites (tertiary alicyclic amines) is 1. The average Bonchev–Trinajstić information content (AvgIpc) is 3.24. The molecule has 2 aliphatic heterocycles. The quantitative estimate of drug-likeness (QED) is 0.760. The van der Waals surface area contributed by atoms with Crippen molar-refractivity contribution in [3.63, 3.8) is 0 Å². The number of nitrogens with one attached hydrogen (secondary N) is 1. The molecule has 6 heteroatoms. The molecule has 1 aromatic heterocycles.